The monoisotopic (exact) mass is 527 g/mol. The molecule has 4 aliphatic rings. The highest BCUT2D eigenvalue weighted by Gasteiger charge is 2.68. The summed E-state index contributed by atoms with van der Waals surface area (Å²) in [6, 6.07) is 0. The zero-order chi connectivity index (χ0) is 24.6. The van der Waals surface area contributed by atoms with Crippen LogP contribution < -0.4 is 5.11 Å². The number of hydrogen-bond donors (Lipinski definition) is 3. The molecule has 8 heteroatoms. The van der Waals surface area contributed by atoms with Gasteiger partial charge >= 0.3 is 0 Å². The van der Waals surface area contributed by atoms with Crippen molar-refractivity contribution in [1.29, 1.82) is 0 Å². The maximum atomic E-state index is 12.4. The molecule has 0 bridgehead atoms. The molecule has 33 heavy (non-hydrogen) atoms. The minimum Gasteiger partial charge on any atom is -0.550 e. The van der Waals surface area contributed by atoms with Crippen molar-refractivity contribution in [3.63, 3.8) is 0 Å². The molecule has 0 amide bonds. The Labute approximate surface area is 203 Å². The number of alkyl halides is 1. The van der Waals surface area contributed by atoms with Gasteiger partial charge in [0.25, 0.3) is 0 Å². The number of aliphatic carboxylic acids is 1. The molecular formula is C25H36BrO7-. The number of rotatable bonds is 5. The highest BCUT2D eigenvalue weighted by Crippen LogP contribution is 2.67. The van der Waals surface area contributed by atoms with E-state index in [1.54, 1.807) is 6.08 Å². The molecule has 3 saturated carbocycles. The Morgan fingerprint density at radius 3 is 2.48 bits per heavy atom. The van der Waals surface area contributed by atoms with Crippen molar-refractivity contribution in [3.8, 4) is 0 Å². The van der Waals surface area contributed by atoms with Gasteiger partial charge in [-0.25, -0.2) is 0 Å². The van der Waals surface area contributed by atoms with Crippen LogP contribution in [0.3, 0.4) is 0 Å². The summed E-state index contributed by atoms with van der Waals surface area (Å²) in [5, 5.41) is 42.1. The molecule has 0 saturated heterocycles. The smallest absolute Gasteiger partial charge is 0.190 e. The third kappa shape index (κ3) is 4.48. The van der Waals surface area contributed by atoms with Crippen molar-refractivity contribution in [2.45, 2.75) is 83.3 Å². The van der Waals surface area contributed by atoms with E-state index in [0.717, 1.165) is 31.0 Å². The van der Waals surface area contributed by atoms with Gasteiger partial charge in [0.05, 0.1) is 6.10 Å². The number of carbonyl (C=O) groups excluding carboxylic acids is 3. The normalized spacial score (nSPS) is 41.6. The van der Waals surface area contributed by atoms with Gasteiger partial charge in [-0.1, -0.05) is 35.4 Å². The van der Waals surface area contributed by atoms with Crippen LogP contribution >= 0.6 is 15.9 Å². The van der Waals surface area contributed by atoms with Crippen LogP contribution in [0.2, 0.25) is 0 Å². The summed E-state index contributed by atoms with van der Waals surface area (Å²) in [5.74, 6) is -0.833. The molecule has 0 aromatic carbocycles. The molecule has 0 heterocycles. The number of halogens is 1. The van der Waals surface area contributed by atoms with E-state index in [9.17, 15) is 34.8 Å². The summed E-state index contributed by atoms with van der Waals surface area (Å²) < 4.78 is 0. The van der Waals surface area contributed by atoms with Gasteiger partial charge < -0.3 is 25.2 Å². The molecule has 0 aromatic rings. The fourth-order valence-electron chi connectivity index (χ4n) is 7.49. The number of hydrogen-bond acceptors (Lipinski definition) is 7. The fraction of sp³-hybridized carbons (Fsp3) is 0.800. The molecule has 0 spiro atoms. The van der Waals surface area contributed by atoms with E-state index in [1.807, 2.05) is 6.92 Å². The van der Waals surface area contributed by atoms with Gasteiger partial charge in [0, 0.05) is 23.1 Å². The van der Waals surface area contributed by atoms with Crippen molar-refractivity contribution in [3.05, 3.63) is 11.6 Å². The summed E-state index contributed by atoms with van der Waals surface area (Å²) in [7, 11) is 0. The lowest BCUT2D eigenvalue weighted by atomic mass is 9.45. The van der Waals surface area contributed by atoms with Crippen LogP contribution in [-0.2, 0) is 14.4 Å². The Morgan fingerprint density at radius 1 is 1.21 bits per heavy atom. The van der Waals surface area contributed by atoms with Crippen LogP contribution in [0.5, 0.6) is 0 Å². The van der Waals surface area contributed by atoms with E-state index in [-0.39, 0.29) is 35.4 Å². The summed E-state index contributed by atoms with van der Waals surface area (Å²) in [6.45, 7) is 3.46. The highest BCUT2D eigenvalue weighted by atomic mass is 79.9. The molecule has 3 N–H and O–H groups in total. The molecule has 7 nitrogen and oxygen atoms in total. The number of carboxylic acid groups (broad SMARTS) is 1. The zero-order valence-electron chi connectivity index (χ0n) is 19.5. The third-order valence-electron chi connectivity index (χ3n) is 9.17. The topological polar surface area (TPSA) is 135 Å². The van der Waals surface area contributed by atoms with E-state index in [4.69, 9.17) is 0 Å². The first-order chi connectivity index (χ1) is 15.4. The van der Waals surface area contributed by atoms with E-state index >= 15 is 0 Å². The maximum Gasteiger partial charge on any atom is 0.190 e. The molecule has 4 rings (SSSR count). The lowest BCUT2D eigenvalue weighted by molar-refractivity contribution is -0.305. The quantitative estimate of drug-likeness (QED) is 0.463. The van der Waals surface area contributed by atoms with E-state index < -0.39 is 35.5 Å². The van der Waals surface area contributed by atoms with Crippen LogP contribution in [0.25, 0.3) is 0 Å². The number of aliphatic hydroxyl groups is 3. The van der Waals surface area contributed by atoms with Crippen LogP contribution in [0.15, 0.2) is 11.6 Å². The van der Waals surface area contributed by atoms with Crippen LogP contribution in [0, 0.1) is 28.6 Å². The van der Waals surface area contributed by atoms with Gasteiger partial charge in [-0.05, 0) is 80.6 Å². The van der Waals surface area contributed by atoms with Gasteiger partial charge in [-0.3, -0.25) is 9.59 Å². The van der Waals surface area contributed by atoms with Crippen LogP contribution in [0.1, 0.15) is 71.6 Å². The maximum absolute atomic E-state index is 12.4. The number of Topliss-reactive ketones (excluding diaryl/α,β-unsaturated/α-hetero) is 1. The van der Waals surface area contributed by atoms with Gasteiger partial charge in [0.1, 0.15) is 12.2 Å². The molecule has 7 atom stereocenters. The van der Waals surface area contributed by atoms with E-state index in [1.165, 1.54) is 5.57 Å². The number of ketones is 2. The fourth-order valence-corrected chi connectivity index (χ4v) is 7.77. The first kappa shape index (κ1) is 26.5. The number of fused-ring (bicyclic) bond motifs is 5. The minimum absolute atomic E-state index is 0.0697. The molecule has 4 aliphatic carbocycles. The second-order valence-electron chi connectivity index (χ2n) is 10.7. The predicted octanol–water partition coefficient (Wildman–Crippen LogP) is 1.69. The second-order valence-corrected chi connectivity index (χ2v) is 11.5. The Morgan fingerprint density at radius 2 is 1.91 bits per heavy atom. The first-order valence-electron chi connectivity index (χ1n) is 12.0. The molecule has 0 radical (unpaired) electrons. The van der Waals surface area contributed by atoms with E-state index in [2.05, 4.69) is 22.9 Å². The Balaban J connectivity index is 0.000000383. The summed E-state index contributed by atoms with van der Waals surface area (Å²) in [4.78, 5) is 33.9. The average Bonchev–Trinajstić information content (AvgIpc) is 3.03. The number of aliphatic hydroxyl groups excluding tert-OH is 2. The van der Waals surface area contributed by atoms with Crippen molar-refractivity contribution >= 4 is 33.5 Å². The third-order valence-corrected chi connectivity index (χ3v) is 9.73. The number of carboxylic acids is 1. The molecule has 3 fully saturated rings. The summed E-state index contributed by atoms with van der Waals surface area (Å²) in [6.07, 6.45) is 6.55. The van der Waals surface area contributed by atoms with Gasteiger partial charge in [-0.15, -0.1) is 0 Å². The standard InChI is InChI=1S/C21H30O5.C4H7BrO2/c1-19-7-5-13(23)9-12(19)3-4-14-15-6-8-21(26,17(25)11-22)20(15,2)10-16(24)18(14)19;5-3-1-2-4(6)7/h9,14-16,18,22,24,26H,3-8,10-11H2,1-2H3;1-3H2,(H,6,7)/p-1/t14-,15-,16-,18+,19-,20-,21-;/m0./s1. The highest BCUT2D eigenvalue weighted by molar-refractivity contribution is 9.09. The molecule has 0 unspecified atom stereocenters. The van der Waals surface area contributed by atoms with Crippen molar-refractivity contribution in [1.82, 2.24) is 0 Å². The van der Waals surface area contributed by atoms with Crippen molar-refractivity contribution in [2.75, 3.05) is 11.9 Å². The van der Waals surface area contributed by atoms with E-state index in [0.29, 0.717) is 25.7 Å². The van der Waals surface area contributed by atoms with Gasteiger partial charge in [0.15, 0.2) is 11.6 Å². The van der Waals surface area contributed by atoms with Crippen LogP contribution in [-0.4, -0.2) is 56.5 Å². The Bertz CT molecular complexity index is 826. The van der Waals surface area contributed by atoms with Crippen LogP contribution in [0.4, 0.5) is 0 Å². The second kappa shape index (κ2) is 9.88. The summed E-state index contributed by atoms with van der Waals surface area (Å²) >= 11 is 3.09. The molecule has 0 aromatic heterocycles. The van der Waals surface area contributed by atoms with Gasteiger partial charge in [-0.2, -0.15) is 0 Å². The Kier molecular flexibility index (Phi) is 7.94. The lowest BCUT2D eigenvalue weighted by Crippen LogP contribution is -2.62. The number of carbonyl (C=O) groups is 3. The minimum atomic E-state index is -1.54. The first-order valence-corrected chi connectivity index (χ1v) is 13.1. The number of allylic oxidation sites excluding steroid dienone is 1. The lowest BCUT2D eigenvalue weighted by Gasteiger charge is -2.60. The molecule has 0 aliphatic heterocycles. The summed E-state index contributed by atoms with van der Waals surface area (Å²) in [5.41, 5.74) is -1.23. The average molecular weight is 528 g/mol. The zero-order valence-corrected chi connectivity index (χ0v) is 21.1. The van der Waals surface area contributed by atoms with Crippen molar-refractivity contribution < 1.29 is 34.8 Å². The Hall–Kier alpha value is -1.09. The predicted molar refractivity (Wildman–Crippen MR) is 123 cm³/mol. The largest absolute Gasteiger partial charge is 0.550 e. The SMILES string of the molecule is C[C@]12CCC(=O)C=C1CC[C@@H]1[C@@H]2[C@@H](O)C[C@@]2(C)[C@H]1CC[C@]2(O)C(=O)CO.O=C([O-])CCCBr. The van der Waals surface area contributed by atoms with Gasteiger partial charge in [0.2, 0.25) is 0 Å². The van der Waals surface area contributed by atoms with Crippen molar-refractivity contribution in [2.24, 2.45) is 28.6 Å². The molecular weight excluding hydrogens is 492 g/mol. The molecule has 186 valence electrons.